The van der Waals surface area contributed by atoms with E-state index in [1.807, 2.05) is 11.4 Å². The standard InChI is InChI=1S/C19H18F3N7O/c1-10(2)16(18(30)27-9-19(20,21)22)29-15-8-24-7-14(28-15)13-6-26-17-12(13)3-11(4-23)5-25-17/h3,5-8,10,16H,9H2,1-2H3,(H,25,26)(H,27,30)(H,28,29)/t16-/m1/s1. The number of halogens is 3. The van der Waals surface area contributed by atoms with Crippen molar-refractivity contribution >= 4 is 22.8 Å². The van der Waals surface area contributed by atoms with Gasteiger partial charge >= 0.3 is 6.18 Å². The smallest absolute Gasteiger partial charge is 0.357 e. The number of hydrogen-bond donors (Lipinski definition) is 3. The first-order valence-corrected chi connectivity index (χ1v) is 8.98. The lowest BCUT2D eigenvalue weighted by Crippen LogP contribution is -2.46. The summed E-state index contributed by atoms with van der Waals surface area (Å²) in [6, 6.07) is 2.75. The molecular formula is C19H18F3N7O. The van der Waals surface area contributed by atoms with Crippen LogP contribution in [-0.4, -0.2) is 44.6 Å². The number of carbonyl (C=O) groups is 1. The van der Waals surface area contributed by atoms with Gasteiger partial charge in [0.15, 0.2) is 0 Å². The number of alkyl halides is 3. The summed E-state index contributed by atoms with van der Waals surface area (Å²) < 4.78 is 37.2. The van der Waals surface area contributed by atoms with Gasteiger partial charge in [-0.3, -0.25) is 9.78 Å². The molecule has 11 heteroatoms. The van der Waals surface area contributed by atoms with Crippen molar-refractivity contribution in [3.8, 4) is 17.3 Å². The normalized spacial score (nSPS) is 12.6. The summed E-state index contributed by atoms with van der Waals surface area (Å²) >= 11 is 0. The van der Waals surface area contributed by atoms with Crippen molar-refractivity contribution in [2.24, 2.45) is 5.92 Å². The fourth-order valence-corrected chi connectivity index (χ4v) is 2.83. The van der Waals surface area contributed by atoms with Gasteiger partial charge in [-0.1, -0.05) is 13.8 Å². The Morgan fingerprint density at radius 3 is 2.73 bits per heavy atom. The molecule has 0 spiro atoms. The van der Waals surface area contributed by atoms with Crippen molar-refractivity contribution in [3.63, 3.8) is 0 Å². The molecule has 0 aliphatic heterocycles. The van der Waals surface area contributed by atoms with Crippen molar-refractivity contribution < 1.29 is 18.0 Å². The van der Waals surface area contributed by atoms with Crippen LogP contribution < -0.4 is 10.6 Å². The van der Waals surface area contributed by atoms with E-state index in [4.69, 9.17) is 5.26 Å². The molecule has 1 atom stereocenters. The number of aromatic nitrogens is 4. The molecule has 0 fully saturated rings. The zero-order valence-electron chi connectivity index (χ0n) is 16.1. The molecule has 1 amide bonds. The van der Waals surface area contributed by atoms with E-state index >= 15 is 0 Å². The maximum atomic E-state index is 12.4. The van der Waals surface area contributed by atoms with E-state index in [1.54, 1.807) is 26.1 Å². The summed E-state index contributed by atoms with van der Waals surface area (Å²) in [7, 11) is 0. The zero-order chi connectivity index (χ0) is 21.9. The predicted octanol–water partition coefficient (Wildman–Crippen LogP) is 3.01. The average Bonchev–Trinajstić information content (AvgIpc) is 3.12. The van der Waals surface area contributed by atoms with Crippen LogP contribution in [0.5, 0.6) is 0 Å². The molecule has 0 unspecified atom stereocenters. The first-order chi connectivity index (χ1) is 14.2. The number of amides is 1. The van der Waals surface area contributed by atoms with E-state index < -0.39 is 24.7 Å². The Morgan fingerprint density at radius 2 is 2.07 bits per heavy atom. The number of anilines is 1. The summed E-state index contributed by atoms with van der Waals surface area (Å²) in [6.07, 6.45) is 1.49. The number of nitrogens with zero attached hydrogens (tertiary/aromatic N) is 4. The molecule has 3 N–H and O–H groups in total. The monoisotopic (exact) mass is 417 g/mol. The number of aromatic amines is 1. The van der Waals surface area contributed by atoms with Crippen LogP contribution in [-0.2, 0) is 4.79 Å². The summed E-state index contributed by atoms with van der Waals surface area (Å²) in [5, 5.41) is 14.5. The topological polar surface area (TPSA) is 119 Å². The maximum Gasteiger partial charge on any atom is 0.405 e. The van der Waals surface area contributed by atoms with Crippen molar-refractivity contribution in [1.29, 1.82) is 5.26 Å². The Kier molecular flexibility index (Phi) is 5.86. The lowest BCUT2D eigenvalue weighted by molar-refractivity contribution is -0.139. The van der Waals surface area contributed by atoms with Crippen LogP contribution in [0.25, 0.3) is 22.3 Å². The molecule has 3 aromatic heterocycles. The number of nitrogens with one attached hydrogen (secondary N) is 3. The molecule has 0 aromatic carbocycles. The fourth-order valence-electron chi connectivity index (χ4n) is 2.83. The van der Waals surface area contributed by atoms with Gasteiger partial charge in [0.1, 0.15) is 30.1 Å². The lowest BCUT2D eigenvalue weighted by Gasteiger charge is -2.22. The minimum Gasteiger partial charge on any atom is -0.357 e. The predicted molar refractivity (Wildman–Crippen MR) is 103 cm³/mol. The highest BCUT2D eigenvalue weighted by atomic mass is 19.4. The molecule has 0 saturated carbocycles. The van der Waals surface area contributed by atoms with Crippen molar-refractivity contribution in [2.45, 2.75) is 26.1 Å². The first-order valence-electron chi connectivity index (χ1n) is 8.98. The molecule has 30 heavy (non-hydrogen) atoms. The Hall–Kier alpha value is -3.68. The SMILES string of the molecule is CC(C)[C@@H](Nc1cncc(-c2c[nH]c3ncc(C#N)cc23)n1)C(=O)NCC(F)(F)F. The molecule has 0 aliphatic rings. The van der Waals surface area contributed by atoms with Crippen molar-refractivity contribution in [2.75, 3.05) is 11.9 Å². The van der Waals surface area contributed by atoms with E-state index in [2.05, 4.69) is 25.3 Å². The largest absolute Gasteiger partial charge is 0.405 e. The molecule has 8 nitrogen and oxygen atoms in total. The first kappa shape index (κ1) is 21.0. The third-order valence-corrected chi connectivity index (χ3v) is 4.29. The minimum absolute atomic E-state index is 0.229. The van der Waals surface area contributed by atoms with E-state index in [9.17, 15) is 18.0 Å². The van der Waals surface area contributed by atoms with Gasteiger partial charge in [-0.15, -0.1) is 0 Å². The number of fused-ring (bicyclic) bond motifs is 1. The van der Waals surface area contributed by atoms with Gasteiger partial charge in [0.2, 0.25) is 5.91 Å². The summed E-state index contributed by atoms with van der Waals surface area (Å²) in [5.74, 6) is -0.865. The molecule has 3 heterocycles. The van der Waals surface area contributed by atoms with Gasteiger partial charge < -0.3 is 15.6 Å². The Balaban J connectivity index is 1.86. The zero-order valence-corrected chi connectivity index (χ0v) is 16.1. The molecule has 0 saturated heterocycles. The van der Waals surface area contributed by atoms with Crippen LogP contribution in [0.15, 0.2) is 30.9 Å². The summed E-state index contributed by atoms with van der Waals surface area (Å²) in [4.78, 5) is 27.9. The van der Waals surface area contributed by atoms with Gasteiger partial charge in [0.05, 0.1) is 23.7 Å². The van der Waals surface area contributed by atoms with Crippen LogP contribution in [0.2, 0.25) is 0 Å². The van der Waals surface area contributed by atoms with Gasteiger partial charge in [-0.05, 0) is 12.0 Å². The van der Waals surface area contributed by atoms with Gasteiger partial charge in [-0.25, -0.2) is 9.97 Å². The Bertz CT molecular complexity index is 1100. The van der Waals surface area contributed by atoms with E-state index in [0.717, 1.165) is 0 Å². The van der Waals surface area contributed by atoms with Gasteiger partial charge in [0.25, 0.3) is 0 Å². The summed E-state index contributed by atoms with van der Waals surface area (Å²) in [6.45, 7) is 2.00. The lowest BCUT2D eigenvalue weighted by atomic mass is 10.0. The Labute approximate surface area is 169 Å². The molecule has 0 radical (unpaired) electrons. The third-order valence-electron chi connectivity index (χ3n) is 4.29. The molecule has 0 bridgehead atoms. The number of hydrogen-bond acceptors (Lipinski definition) is 6. The van der Waals surface area contributed by atoms with E-state index in [-0.39, 0.29) is 11.7 Å². The second-order valence-corrected chi connectivity index (χ2v) is 6.92. The van der Waals surface area contributed by atoms with Crippen LogP contribution in [0, 0.1) is 17.2 Å². The van der Waals surface area contributed by atoms with Crippen LogP contribution >= 0.6 is 0 Å². The average molecular weight is 417 g/mol. The van der Waals surface area contributed by atoms with Crippen molar-refractivity contribution in [3.05, 3.63) is 36.4 Å². The molecule has 3 rings (SSSR count). The highest BCUT2D eigenvalue weighted by Gasteiger charge is 2.30. The van der Waals surface area contributed by atoms with Gasteiger partial charge in [-0.2, -0.15) is 18.4 Å². The highest BCUT2D eigenvalue weighted by Crippen LogP contribution is 2.27. The highest BCUT2D eigenvalue weighted by molar-refractivity contribution is 5.93. The quantitative estimate of drug-likeness (QED) is 0.567. The van der Waals surface area contributed by atoms with E-state index in [0.29, 0.717) is 27.9 Å². The second-order valence-electron chi connectivity index (χ2n) is 6.92. The van der Waals surface area contributed by atoms with Crippen molar-refractivity contribution in [1.82, 2.24) is 25.3 Å². The fraction of sp³-hybridized carbons (Fsp3) is 0.316. The van der Waals surface area contributed by atoms with E-state index in [1.165, 1.54) is 18.6 Å². The summed E-state index contributed by atoms with van der Waals surface area (Å²) in [5.41, 5.74) is 2.04. The molecular weight excluding hydrogens is 399 g/mol. The van der Waals surface area contributed by atoms with Gasteiger partial charge in [0, 0.05) is 23.3 Å². The molecule has 0 aliphatic carbocycles. The second kappa shape index (κ2) is 8.36. The number of H-pyrrole nitrogens is 1. The minimum atomic E-state index is -4.50. The number of nitriles is 1. The number of carbonyl (C=O) groups excluding carboxylic acids is 1. The third kappa shape index (κ3) is 4.83. The number of pyridine rings is 1. The maximum absolute atomic E-state index is 12.4. The van der Waals surface area contributed by atoms with Crippen LogP contribution in [0.4, 0.5) is 19.0 Å². The number of rotatable bonds is 6. The van der Waals surface area contributed by atoms with Crippen LogP contribution in [0.1, 0.15) is 19.4 Å². The molecule has 156 valence electrons. The Morgan fingerprint density at radius 1 is 1.30 bits per heavy atom. The van der Waals surface area contributed by atoms with Crippen LogP contribution in [0.3, 0.4) is 0 Å². The molecule has 3 aromatic rings.